The second-order valence-corrected chi connectivity index (χ2v) is 5.56. The molecule has 1 fully saturated rings. The molecule has 0 amide bonds. The molecule has 20 heavy (non-hydrogen) atoms. The van der Waals surface area contributed by atoms with Gasteiger partial charge in [0, 0.05) is 23.7 Å². The number of benzene rings is 1. The van der Waals surface area contributed by atoms with Crippen LogP contribution in [-0.4, -0.2) is 28.0 Å². The van der Waals surface area contributed by atoms with E-state index in [1.807, 2.05) is 24.3 Å². The summed E-state index contributed by atoms with van der Waals surface area (Å²) in [5.74, 6) is 1.22. The van der Waals surface area contributed by atoms with Gasteiger partial charge in [0.1, 0.15) is 0 Å². The van der Waals surface area contributed by atoms with Crippen LogP contribution < -0.4 is 4.90 Å². The molecule has 2 heterocycles. The van der Waals surface area contributed by atoms with Crippen molar-refractivity contribution in [3.8, 4) is 11.4 Å². The Morgan fingerprint density at radius 2 is 1.75 bits per heavy atom. The molecule has 0 aliphatic carbocycles. The molecular weight excluding hydrogens is 295 g/mol. The summed E-state index contributed by atoms with van der Waals surface area (Å²) in [6, 6.07) is 7.43. The van der Waals surface area contributed by atoms with E-state index in [0.29, 0.717) is 16.8 Å². The molecule has 0 unspecified atom stereocenters. The van der Waals surface area contributed by atoms with Gasteiger partial charge in [0.05, 0.1) is 0 Å². The predicted octanol–water partition coefficient (Wildman–Crippen LogP) is 3.84. The van der Waals surface area contributed by atoms with E-state index in [0.717, 1.165) is 31.5 Å². The molecule has 3 rings (SSSR count). The van der Waals surface area contributed by atoms with Gasteiger partial charge in [-0.15, -0.1) is 0 Å². The van der Waals surface area contributed by atoms with Gasteiger partial charge in [-0.3, -0.25) is 0 Å². The lowest BCUT2D eigenvalue weighted by atomic mass is 10.1. The summed E-state index contributed by atoms with van der Waals surface area (Å²) < 4.78 is 0. The first kappa shape index (κ1) is 13.6. The maximum atomic E-state index is 6.04. The summed E-state index contributed by atoms with van der Waals surface area (Å²) in [6.45, 7) is 1.94. The molecule has 1 aromatic carbocycles. The van der Waals surface area contributed by atoms with E-state index in [2.05, 4.69) is 19.9 Å². The van der Waals surface area contributed by atoms with Crippen LogP contribution in [0.25, 0.3) is 11.4 Å². The van der Waals surface area contributed by atoms with Crippen molar-refractivity contribution in [3.05, 3.63) is 34.6 Å². The van der Waals surface area contributed by atoms with E-state index in [4.69, 9.17) is 23.2 Å². The maximum Gasteiger partial charge on any atom is 0.230 e. The number of halogens is 2. The van der Waals surface area contributed by atoms with Gasteiger partial charge in [0.15, 0.2) is 5.82 Å². The Bertz CT molecular complexity index is 612. The Labute approximate surface area is 127 Å². The highest BCUT2D eigenvalue weighted by Crippen LogP contribution is 2.23. The van der Waals surface area contributed by atoms with Crippen LogP contribution in [-0.2, 0) is 0 Å². The van der Waals surface area contributed by atoms with Crippen molar-refractivity contribution in [2.45, 2.75) is 19.3 Å². The maximum absolute atomic E-state index is 6.04. The summed E-state index contributed by atoms with van der Waals surface area (Å²) in [5.41, 5.74) is 0.847. The monoisotopic (exact) mass is 308 g/mol. The van der Waals surface area contributed by atoms with Crippen molar-refractivity contribution in [2.24, 2.45) is 0 Å². The van der Waals surface area contributed by atoms with Gasteiger partial charge in [-0.1, -0.05) is 23.7 Å². The van der Waals surface area contributed by atoms with Gasteiger partial charge >= 0.3 is 0 Å². The summed E-state index contributed by atoms with van der Waals surface area (Å²) in [6.07, 6.45) is 3.59. The van der Waals surface area contributed by atoms with Crippen molar-refractivity contribution < 1.29 is 0 Å². The van der Waals surface area contributed by atoms with Gasteiger partial charge in [-0.05, 0) is 43.0 Å². The molecule has 1 saturated heterocycles. The quantitative estimate of drug-likeness (QED) is 0.845. The Hall–Kier alpha value is -1.39. The summed E-state index contributed by atoms with van der Waals surface area (Å²) in [7, 11) is 0. The molecule has 0 spiro atoms. The van der Waals surface area contributed by atoms with Gasteiger partial charge in [-0.2, -0.15) is 15.0 Å². The fourth-order valence-corrected chi connectivity index (χ4v) is 2.68. The second-order valence-electron chi connectivity index (χ2n) is 4.79. The average molecular weight is 309 g/mol. The van der Waals surface area contributed by atoms with E-state index in [9.17, 15) is 0 Å². The van der Waals surface area contributed by atoms with E-state index in [1.54, 1.807) is 0 Å². The average Bonchev–Trinajstić information content (AvgIpc) is 2.47. The number of rotatable bonds is 2. The molecule has 2 aromatic rings. The highest BCUT2D eigenvalue weighted by molar-refractivity contribution is 6.30. The van der Waals surface area contributed by atoms with Gasteiger partial charge < -0.3 is 4.90 Å². The second kappa shape index (κ2) is 5.94. The van der Waals surface area contributed by atoms with Crippen molar-refractivity contribution in [1.29, 1.82) is 0 Å². The van der Waals surface area contributed by atoms with Gasteiger partial charge in [0.25, 0.3) is 0 Å². The third-order valence-corrected chi connectivity index (χ3v) is 3.72. The molecule has 0 bridgehead atoms. The third kappa shape index (κ3) is 3.02. The van der Waals surface area contributed by atoms with Crippen molar-refractivity contribution in [2.75, 3.05) is 18.0 Å². The first-order chi connectivity index (χ1) is 9.72. The molecule has 1 aliphatic heterocycles. The summed E-state index contributed by atoms with van der Waals surface area (Å²) in [5, 5.41) is 0.870. The lowest BCUT2D eigenvalue weighted by molar-refractivity contribution is 0.567. The Morgan fingerprint density at radius 1 is 0.950 bits per heavy atom. The normalized spacial score (nSPS) is 15.4. The SMILES string of the molecule is Clc1cccc(-c2nc(Cl)nc(N3CCCCC3)n2)c1. The highest BCUT2D eigenvalue weighted by Gasteiger charge is 2.16. The fraction of sp³-hybridized carbons (Fsp3) is 0.357. The van der Waals surface area contributed by atoms with Crippen LogP contribution in [0.3, 0.4) is 0 Å². The number of anilines is 1. The van der Waals surface area contributed by atoms with E-state index < -0.39 is 0 Å². The highest BCUT2D eigenvalue weighted by atomic mass is 35.5. The predicted molar refractivity (Wildman–Crippen MR) is 81.3 cm³/mol. The Kier molecular flexibility index (Phi) is 4.03. The number of nitrogens with zero attached hydrogens (tertiary/aromatic N) is 4. The first-order valence-electron chi connectivity index (χ1n) is 6.65. The molecule has 0 N–H and O–H groups in total. The molecule has 0 saturated carbocycles. The molecule has 0 atom stereocenters. The van der Waals surface area contributed by atoms with Crippen LogP contribution in [0, 0.1) is 0 Å². The molecule has 1 aliphatic rings. The zero-order chi connectivity index (χ0) is 13.9. The van der Waals surface area contributed by atoms with Crippen molar-refractivity contribution >= 4 is 29.2 Å². The Balaban J connectivity index is 1.97. The number of piperidine rings is 1. The molecule has 0 radical (unpaired) electrons. The standard InChI is InChI=1S/C14H14Cl2N4/c15-11-6-4-5-10(9-11)12-17-13(16)19-14(18-12)20-7-2-1-3-8-20/h4-6,9H,1-3,7-8H2. The first-order valence-corrected chi connectivity index (χ1v) is 7.40. The zero-order valence-electron chi connectivity index (χ0n) is 10.9. The zero-order valence-corrected chi connectivity index (χ0v) is 12.4. The van der Waals surface area contributed by atoms with Crippen LogP contribution in [0.1, 0.15) is 19.3 Å². The summed E-state index contributed by atoms with van der Waals surface area (Å²) >= 11 is 12.0. The van der Waals surface area contributed by atoms with Crippen LogP contribution in [0.5, 0.6) is 0 Å². The van der Waals surface area contributed by atoms with E-state index in [1.165, 1.54) is 6.42 Å². The van der Waals surface area contributed by atoms with Gasteiger partial charge in [0.2, 0.25) is 11.2 Å². The van der Waals surface area contributed by atoms with E-state index >= 15 is 0 Å². The Morgan fingerprint density at radius 3 is 2.50 bits per heavy atom. The van der Waals surface area contributed by atoms with Crippen LogP contribution in [0.15, 0.2) is 24.3 Å². The van der Waals surface area contributed by atoms with Crippen LogP contribution in [0.4, 0.5) is 5.95 Å². The smallest absolute Gasteiger partial charge is 0.230 e. The number of hydrogen-bond donors (Lipinski definition) is 0. The minimum absolute atomic E-state index is 0.218. The fourth-order valence-electron chi connectivity index (χ4n) is 2.33. The lowest BCUT2D eigenvalue weighted by Gasteiger charge is -2.26. The molecule has 1 aromatic heterocycles. The molecule has 4 nitrogen and oxygen atoms in total. The number of aromatic nitrogens is 3. The number of hydrogen-bond acceptors (Lipinski definition) is 4. The lowest BCUT2D eigenvalue weighted by Crippen LogP contribution is -2.31. The minimum atomic E-state index is 0.218. The molecule has 6 heteroatoms. The molecule has 104 valence electrons. The third-order valence-electron chi connectivity index (χ3n) is 3.32. The molecular formula is C14H14Cl2N4. The van der Waals surface area contributed by atoms with E-state index in [-0.39, 0.29) is 5.28 Å². The minimum Gasteiger partial charge on any atom is -0.341 e. The van der Waals surface area contributed by atoms with Crippen molar-refractivity contribution in [3.63, 3.8) is 0 Å². The van der Waals surface area contributed by atoms with Crippen LogP contribution >= 0.6 is 23.2 Å². The van der Waals surface area contributed by atoms with Gasteiger partial charge in [-0.25, -0.2) is 0 Å². The topological polar surface area (TPSA) is 41.9 Å². The van der Waals surface area contributed by atoms with Crippen molar-refractivity contribution in [1.82, 2.24) is 15.0 Å². The van der Waals surface area contributed by atoms with Crippen LogP contribution in [0.2, 0.25) is 10.3 Å². The largest absolute Gasteiger partial charge is 0.341 e. The summed E-state index contributed by atoms with van der Waals surface area (Å²) in [4.78, 5) is 15.1.